The number of benzene rings is 2. The van der Waals surface area contributed by atoms with Crippen molar-refractivity contribution in [3.8, 4) is 22.8 Å². The van der Waals surface area contributed by atoms with Crippen LogP contribution >= 0.6 is 0 Å². The number of aryl methyl sites for hydroxylation is 1. The number of aromatic hydroxyl groups is 1. The quantitative estimate of drug-likeness (QED) is 0.656. The van der Waals surface area contributed by atoms with E-state index in [9.17, 15) is 5.11 Å². The molecule has 1 aliphatic heterocycles. The average molecular weight is 377 g/mol. The molecule has 1 aromatic heterocycles. The Kier molecular flexibility index (Phi) is 5.72. The summed E-state index contributed by atoms with van der Waals surface area (Å²) in [6.07, 6.45) is 6.02. The van der Waals surface area contributed by atoms with Crippen molar-refractivity contribution in [3.63, 3.8) is 0 Å². The first-order chi connectivity index (χ1) is 13.7. The van der Waals surface area contributed by atoms with Gasteiger partial charge in [-0.3, -0.25) is 4.90 Å². The van der Waals surface area contributed by atoms with Crippen LogP contribution in [0.25, 0.3) is 17.1 Å². The van der Waals surface area contributed by atoms with Crippen molar-refractivity contribution < 1.29 is 5.11 Å². The number of aromatic nitrogens is 3. The van der Waals surface area contributed by atoms with E-state index in [-0.39, 0.29) is 5.75 Å². The molecule has 5 nitrogen and oxygen atoms in total. The smallest absolute Gasteiger partial charge is 0.165 e. The normalized spacial score (nSPS) is 14.6. The standard InChI is InChI=1S/C23H28N4O/c1-2-3-7-18-10-12-19(13-11-18)23-24-22(17-26-14-4-5-15-26)25-27(23)20-8-6-9-21(28)16-20/h6,8-13,16,28H,2-5,7,14-15,17H2,1H3. The van der Waals surface area contributed by atoms with Gasteiger partial charge in [-0.15, -0.1) is 5.10 Å². The Labute approximate surface area is 166 Å². The fraction of sp³-hybridized carbons (Fsp3) is 0.391. The molecule has 5 heteroatoms. The molecule has 1 aliphatic rings. The second-order valence-electron chi connectivity index (χ2n) is 7.57. The largest absolute Gasteiger partial charge is 0.508 e. The van der Waals surface area contributed by atoms with E-state index in [1.165, 1.54) is 31.2 Å². The molecule has 1 fully saturated rings. The number of phenols is 1. The highest BCUT2D eigenvalue weighted by atomic mass is 16.3. The molecule has 0 unspecified atom stereocenters. The predicted molar refractivity (Wildman–Crippen MR) is 112 cm³/mol. The summed E-state index contributed by atoms with van der Waals surface area (Å²) >= 11 is 0. The maximum atomic E-state index is 9.92. The Morgan fingerprint density at radius 1 is 1.04 bits per heavy atom. The highest BCUT2D eigenvalue weighted by molar-refractivity contribution is 5.59. The number of hydrogen-bond acceptors (Lipinski definition) is 4. The van der Waals surface area contributed by atoms with Crippen molar-refractivity contribution in [1.29, 1.82) is 0 Å². The van der Waals surface area contributed by atoms with Crippen LogP contribution in [0.4, 0.5) is 0 Å². The maximum absolute atomic E-state index is 9.92. The third-order valence-electron chi connectivity index (χ3n) is 5.32. The lowest BCUT2D eigenvalue weighted by Gasteiger charge is -2.10. The van der Waals surface area contributed by atoms with Crippen LogP contribution in [0, 0.1) is 0 Å². The van der Waals surface area contributed by atoms with Crippen LogP contribution in [-0.2, 0) is 13.0 Å². The summed E-state index contributed by atoms with van der Waals surface area (Å²) in [5, 5.41) is 14.7. The van der Waals surface area contributed by atoms with Crippen LogP contribution in [0.15, 0.2) is 48.5 Å². The molecule has 146 valence electrons. The SMILES string of the molecule is CCCCc1ccc(-c2nc(CN3CCCC3)nn2-c2cccc(O)c2)cc1. The number of nitrogens with zero attached hydrogens (tertiary/aromatic N) is 4. The molecule has 28 heavy (non-hydrogen) atoms. The van der Waals surface area contributed by atoms with Gasteiger partial charge in [0.2, 0.25) is 0 Å². The van der Waals surface area contributed by atoms with E-state index >= 15 is 0 Å². The van der Waals surface area contributed by atoms with E-state index in [0.717, 1.165) is 49.0 Å². The van der Waals surface area contributed by atoms with Gasteiger partial charge in [0.25, 0.3) is 0 Å². The summed E-state index contributed by atoms with van der Waals surface area (Å²) in [6.45, 7) is 5.21. The maximum Gasteiger partial charge on any atom is 0.165 e. The zero-order valence-electron chi connectivity index (χ0n) is 16.5. The van der Waals surface area contributed by atoms with Crippen molar-refractivity contribution >= 4 is 0 Å². The molecule has 1 N–H and O–H groups in total. The second kappa shape index (κ2) is 8.57. The van der Waals surface area contributed by atoms with E-state index in [4.69, 9.17) is 10.1 Å². The van der Waals surface area contributed by atoms with Crippen molar-refractivity contribution in [3.05, 3.63) is 59.9 Å². The van der Waals surface area contributed by atoms with Crippen LogP contribution in [0.5, 0.6) is 5.75 Å². The van der Waals surface area contributed by atoms with Crippen molar-refractivity contribution in [2.24, 2.45) is 0 Å². The molecule has 0 atom stereocenters. The fourth-order valence-corrected chi connectivity index (χ4v) is 3.76. The van der Waals surface area contributed by atoms with E-state index in [1.807, 2.05) is 16.8 Å². The Bertz CT molecular complexity index is 911. The lowest BCUT2D eigenvalue weighted by Crippen LogP contribution is -2.19. The van der Waals surface area contributed by atoms with Crippen LogP contribution in [-0.4, -0.2) is 37.9 Å². The van der Waals surface area contributed by atoms with Gasteiger partial charge in [-0.25, -0.2) is 9.67 Å². The fourth-order valence-electron chi connectivity index (χ4n) is 3.76. The minimum absolute atomic E-state index is 0.231. The summed E-state index contributed by atoms with van der Waals surface area (Å²) in [4.78, 5) is 7.27. The van der Waals surface area contributed by atoms with Gasteiger partial charge in [0.05, 0.1) is 12.2 Å². The Balaban J connectivity index is 1.68. The molecule has 0 saturated carbocycles. The predicted octanol–water partition coefficient (Wildman–Crippen LogP) is 4.58. The number of likely N-dealkylation sites (tertiary alicyclic amines) is 1. The van der Waals surface area contributed by atoms with E-state index in [2.05, 4.69) is 36.1 Å². The summed E-state index contributed by atoms with van der Waals surface area (Å²) in [5.74, 6) is 1.88. The van der Waals surface area contributed by atoms with Gasteiger partial charge < -0.3 is 5.11 Å². The van der Waals surface area contributed by atoms with Crippen LogP contribution < -0.4 is 0 Å². The minimum Gasteiger partial charge on any atom is -0.508 e. The van der Waals surface area contributed by atoms with Gasteiger partial charge in [-0.2, -0.15) is 0 Å². The topological polar surface area (TPSA) is 54.2 Å². The van der Waals surface area contributed by atoms with Gasteiger partial charge >= 0.3 is 0 Å². The van der Waals surface area contributed by atoms with Crippen LogP contribution in [0.1, 0.15) is 44.0 Å². The molecule has 3 aromatic rings. The molecule has 0 aliphatic carbocycles. The first-order valence-corrected chi connectivity index (χ1v) is 10.3. The van der Waals surface area contributed by atoms with E-state index in [1.54, 1.807) is 12.1 Å². The Morgan fingerprint density at radius 3 is 2.54 bits per heavy atom. The van der Waals surface area contributed by atoms with Crippen molar-refractivity contribution in [2.75, 3.05) is 13.1 Å². The molecular weight excluding hydrogens is 348 g/mol. The Morgan fingerprint density at radius 2 is 1.82 bits per heavy atom. The summed E-state index contributed by atoms with van der Waals surface area (Å²) in [5.41, 5.74) is 3.22. The molecule has 2 aromatic carbocycles. The number of phenolic OH excluding ortho intramolecular Hbond substituents is 1. The van der Waals surface area contributed by atoms with Crippen LogP contribution in [0.3, 0.4) is 0 Å². The van der Waals surface area contributed by atoms with Gasteiger partial charge in [0, 0.05) is 11.6 Å². The van der Waals surface area contributed by atoms with Gasteiger partial charge in [-0.1, -0.05) is 43.7 Å². The zero-order chi connectivity index (χ0) is 19.3. The van der Waals surface area contributed by atoms with E-state index in [0.29, 0.717) is 0 Å². The summed E-state index contributed by atoms with van der Waals surface area (Å²) in [7, 11) is 0. The summed E-state index contributed by atoms with van der Waals surface area (Å²) in [6, 6.07) is 15.8. The highest BCUT2D eigenvalue weighted by Crippen LogP contribution is 2.25. The first kappa shape index (κ1) is 18.7. The molecular formula is C23H28N4O. The Hall–Kier alpha value is -2.66. The molecule has 2 heterocycles. The highest BCUT2D eigenvalue weighted by Gasteiger charge is 2.18. The van der Waals surface area contributed by atoms with Crippen molar-refractivity contribution in [2.45, 2.75) is 45.6 Å². The number of unbranched alkanes of at least 4 members (excludes halogenated alkanes) is 1. The first-order valence-electron chi connectivity index (χ1n) is 10.3. The van der Waals surface area contributed by atoms with Crippen LogP contribution in [0.2, 0.25) is 0 Å². The molecule has 4 rings (SSSR count). The average Bonchev–Trinajstić information content (AvgIpc) is 3.37. The number of hydrogen-bond donors (Lipinski definition) is 1. The van der Waals surface area contributed by atoms with Gasteiger partial charge in [0.1, 0.15) is 5.75 Å². The monoisotopic (exact) mass is 376 g/mol. The second-order valence-corrected chi connectivity index (χ2v) is 7.57. The van der Waals surface area contributed by atoms with Gasteiger partial charge in [-0.05, 0) is 56.5 Å². The third kappa shape index (κ3) is 4.25. The van der Waals surface area contributed by atoms with Crippen molar-refractivity contribution in [1.82, 2.24) is 19.7 Å². The molecule has 0 radical (unpaired) electrons. The zero-order valence-corrected chi connectivity index (χ0v) is 16.5. The molecule has 0 bridgehead atoms. The molecule has 0 amide bonds. The minimum atomic E-state index is 0.231. The molecule has 1 saturated heterocycles. The number of rotatable bonds is 7. The van der Waals surface area contributed by atoms with E-state index < -0.39 is 0 Å². The lowest BCUT2D eigenvalue weighted by atomic mass is 10.1. The third-order valence-corrected chi connectivity index (χ3v) is 5.32. The lowest BCUT2D eigenvalue weighted by molar-refractivity contribution is 0.322. The molecule has 0 spiro atoms. The van der Waals surface area contributed by atoms with Gasteiger partial charge in [0.15, 0.2) is 11.6 Å². The summed E-state index contributed by atoms with van der Waals surface area (Å²) < 4.78 is 1.85.